The Morgan fingerprint density at radius 2 is 1.96 bits per heavy atom. The largest absolute Gasteiger partial charge is 0.375 e. The van der Waals surface area contributed by atoms with Gasteiger partial charge in [0, 0.05) is 51.7 Å². The topological polar surface area (TPSA) is 76.4 Å². The van der Waals surface area contributed by atoms with Crippen LogP contribution in [0.25, 0.3) is 5.82 Å². The van der Waals surface area contributed by atoms with Crippen LogP contribution in [0.2, 0.25) is 0 Å². The highest BCUT2D eigenvalue weighted by Gasteiger charge is 2.22. The van der Waals surface area contributed by atoms with Gasteiger partial charge in [-0.1, -0.05) is 0 Å². The number of piperazine rings is 1. The van der Waals surface area contributed by atoms with E-state index < -0.39 is 0 Å². The standard InChI is InChI=1S/C15H20N6O2/c1-12-17-13(10-14(18-12)21-5-3-4-16-21)19-6-8-20(9-7-19)15(22)11-23-2/h3-5,10H,6-9,11H2,1-2H3. The molecule has 0 atom stereocenters. The van der Waals surface area contributed by atoms with Crippen LogP contribution in [-0.4, -0.2) is 70.5 Å². The average molecular weight is 316 g/mol. The van der Waals surface area contributed by atoms with Crippen LogP contribution in [0.5, 0.6) is 0 Å². The van der Waals surface area contributed by atoms with Gasteiger partial charge in [0.25, 0.3) is 0 Å². The van der Waals surface area contributed by atoms with Gasteiger partial charge in [0.15, 0.2) is 5.82 Å². The molecule has 122 valence electrons. The number of hydrogen-bond acceptors (Lipinski definition) is 6. The number of rotatable bonds is 4. The summed E-state index contributed by atoms with van der Waals surface area (Å²) in [6, 6.07) is 3.78. The first-order valence-corrected chi connectivity index (χ1v) is 7.55. The molecule has 2 aromatic heterocycles. The predicted molar refractivity (Wildman–Crippen MR) is 84.6 cm³/mol. The highest BCUT2D eigenvalue weighted by atomic mass is 16.5. The molecular weight excluding hydrogens is 296 g/mol. The summed E-state index contributed by atoms with van der Waals surface area (Å²) in [5.74, 6) is 2.34. The number of anilines is 1. The van der Waals surface area contributed by atoms with Crippen molar-refractivity contribution >= 4 is 11.7 Å². The van der Waals surface area contributed by atoms with E-state index in [9.17, 15) is 4.79 Å². The van der Waals surface area contributed by atoms with E-state index in [1.807, 2.05) is 30.2 Å². The molecule has 23 heavy (non-hydrogen) atoms. The van der Waals surface area contributed by atoms with Crippen LogP contribution >= 0.6 is 0 Å². The Morgan fingerprint density at radius 3 is 2.61 bits per heavy atom. The number of amides is 1. The van der Waals surface area contributed by atoms with Gasteiger partial charge < -0.3 is 14.5 Å². The van der Waals surface area contributed by atoms with Crippen molar-refractivity contribution < 1.29 is 9.53 Å². The summed E-state index contributed by atoms with van der Waals surface area (Å²) < 4.78 is 6.62. The number of aryl methyl sites for hydroxylation is 1. The Kier molecular flexibility index (Phi) is 4.52. The fourth-order valence-corrected chi connectivity index (χ4v) is 2.62. The number of carbonyl (C=O) groups is 1. The van der Waals surface area contributed by atoms with Crippen molar-refractivity contribution in [2.75, 3.05) is 44.8 Å². The van der Waals surface area contributed by atoms with Crippen molar-refractivity contribution in [3.05, 3.63) is 30.4 Å². The van der Waals surface area contributed by atoms with E-state index in [0.29, 0.717) is 18.9 Å². The molecule has 8 heteroatoms. The van der Waals surface area contributed by atoms with Crippen LogP contribution in [0.15, 0.2) is 24.5 Å². The third kappa shape index (κ3) is 3.48. The second kappa shape index (κ2) is 6.74. The zero-order valence-electron chi connectivity index (χ0n) is 13.3. The first kappa shape index (κ1) is 15.4. The van der Waals surface area contributed by atoms with Crippen molar-refractivity contribution in [1.29, 1.82) is 0 Å². The van der Waals surface area contributed by atoms with E-state index in [1.54, 1.807) is 10.9 Å². The maximum Gasteiger partial charge on any atom is 0.248 e. The van der Waals surface area contributed by atoms with Crippen molar-refractivity contribution in [3.63, 3.8) is 0 Å². The van der Waals surface area contributed by atoms with Crippen molar-refractivity contribution in [2.45, 2.75) is 6.92 Å². The fraction of sp³-hybridized carbons (Fsp3) is 0.467. The lowest BCUT2D eigenvalue weighted by Gasteiger charge is -2.35. The molecule has 1 saturated heterocycles. The highest BCUT2D eigenvalue weighted by Crippen LogP contribution is 2.17. The molecule has 8 nitrogen and oxygen atoms in total. The first-order chi connectivity index (χ1) is 11.2. The summed E-state index contributed by atoms with van der Waals surface area (Å²) >= 11 is 0. The maximum absolute atomic E-state index is 11.9. The third-order valence-corrected chi connectivity index (χ3v) is 3.77. The average Bonchev–Trinajstić information content (AvgIpc) is 3.09. The predicted octanol–water partition coefficient (Wildman–Crippen LogP) is 0.266. The Hall–Kier alpha value is -2.48. The number of ether oxygens (including phenoxy) is 1. The van der Waals surface area contributed by atoms with Crippen LogP contribution in [-0.2, 0) is 9.53 Å². The molecule has 3 heterocycles. The highest BCUT2D eigenvalue weighted by molar-refractivity contribution is 5.77. The lowest BCUT2D eigenvalue weighted by Crippen LogP contribution is -2.50. The summed E-state index contributed by atoms with van der Waals surface area (Å²) in [5, 5.41) is 4.21. The molecule has 0 aliphatic carbocycles. The van der Waals surface area contributed by atoms with E-state index in [4.69, 9.17) is 4.74 Å². The molecule has 1 amide bonds. The summed E-state index contributed by atoms with van der Waals surface area (Å²) in [6.45, 7) is 4.82. The minimum atomic E-state index is 0.0308. The van der Waals surface area contributed by atoms with E-state index in [-0.39, 0.29) is 12.5 Å². The molecule has 3 rings (SSSR count). The van der Waals surface area contributed by atoms with Gasteiger partial charge in [-0.3, -0.25) is 4.79 Å². The normalized spacial score (nSPS) is 15.0. The SMILES string of the molecule is COCC(=O)N1CCN(c2cc(-n3cccn3)nc(C)n2)CC1. The second-order valence-corrected chi connectivity index (χ2v) is 5.38. The molecule has 0 N–H and O–H groups in total. The van der Waals surface area contributed by atoms with Gasteiger partial charge in [-0.15, -0.1) is 0 Å². The van der Waals surface area contributed by atoms with Crippen LogP contribution in [0.3, 0.4) is 0 Å². The molecule has 0 bridgehead atoms. The lowest BCUT2D eigenvalue weighted by molar-refractivity contribution is -0.135. The van der Waals surface area contributed by atoms with Gasteiger partial charge in [-0.2, -0.15) is 5.10 Å². The Labute approximate surface area is 134 Å². The zero-order chi connectivity index (χ0) is 16.2. The molecule has 0 aromatic carbocycles. The van der Waals surface area contributed by atoms with Crippen molar-refractivity contribution in [1.82, 2.24) is 24.6 Å². The Balaban J connectivity index is 1.72. The smallest absolute Gasteiger partial charge is 0.248 e. The maximum atomic E-state index is 11.9. The molecule has 1 aliphatic heterocycles. The van der Waals surface area contributed by atoms with Crippen molar-refractivity contribution in [3.8, 4) is 5.82 Å². The quantitative estimate of drug-likeness (QED) is 0.806. The first-order valence-electron chi connectivity index (χ1n) is 7.55. The van der Waals surface area contributed by atoms with Gasteiger partial charge in [0.05, 0.1) is 0 Å². The zero-order valence-corrected chi connectivity index (χ0v) is 13.3. The van der Waals surface area contributed by atoms with E-state index in [0.717, 1.165) is 24.7 Å². The molecule has 0 spiro atoms. The summed E-state index contributed by atoms with van der Waals surface area (Å²) in [4.78, 5) is 24.8. The second-order valence-electron chi connectivity index (χ2n) is 5.38. The van der Waals surface area contributed by atoms with E-state index in [2.05, 4.69) is 20.0 Å². The molecule has 0 unspecified atom stereocenters. The number of carbonyl (C=O) groups excluding carboxylic acids is 1. The van der Waals surface area contributed by atoms with Crippen LogP contribution in [0, 0.1) is 6.92 Å². The van der Waals surface area contributed by atoms with E-state index >= 15 is 0 Å². The summed E-state index contributed by atoms with van der Waals surface area (Å²) in [5.41, 5.74) is 0. The van der Waals surface area contributed by atoms with Crippen LogP contribution < -0.4 is 4.90 Å². The number of methoxy groups -OCH3 is 1. The molecule has 0 saturated carbocycles. The molecule has 1 aliphatic rings. The number of aromatic nitrogens is 4. The Morgan fingerprint density at radius 1 is 1.22 bits per heavy atom. The molecule has 0 radical (unpaired) electrons. The molecule has 2 aromatic rings. The summed E-state index contributed by atoms with van der Waals surface area (Å²) in [6.07, 6.45) is 3.57. The van der Waals surface area contributed by atoms with Gasteiger partial charge in [0.2, 0.25) is 5.91 Å². The number of nitrogens with zero attached hydrogens (tertiary/aromatic N) is 6. The third-order valence-electron chi connectivity index (χ3n) is 3.77. The van der Waals surface area contributed by atoms with Gasteiger partial charge in [0.1, 0.15) is 18.2 Å². The fourth-order valence-electron chi connectivity index (χ4n) is 2.62. The lowest BCUT2D eigenvalue weighted by atomic mass is 10.3. The van der Waals surface area contributed by atoms with Crippen LogP contribution in [0.4, 0.5) is 5.82 Å². The number of hydrogen-bond donors (Lipinski definition) is 0. The Bertz CT molecular complexity index is 665. The van der Waals surface area contributed by atoms with Gasteiger partial charge in [-0.05, 0) is 13.0 Å². The minimum Gasteiger partial charge on any atom is -0.375 e. The molecule has 1 fully saturated rings. The van der Waals surface area contributed by atoms with Crippen LogP contribution in [0.1, 0.15) is 5.82 Å². The minimum absolute atomic E-state index is 0.0308. The molecular formula is C15H20N6O2. The van der Waals surface area contributed by atoms with Gasteiger partial charge in [-0.25, -0.2) is 14.6 Å². The summed E-state index contributed by atoms with van der Waals surface area (Å²) in [7, 11) is 1.54. The van der Waals surface area contributed by atoms with Crippen molar-refractivity contribution in [2.24, 2.45) is 0 Å². The van der Waals surface area contributed by atoms with E-state index in [1.165, 1.54) is 7.11 Å². The van der Waals surface area contributed by atoms with Gasteiger partial charge >= 0.3 is 0 Å². The monoisotopic (exact) mass is 316 g/mol.